The van der Waals surface area contributed by atoms with Crippen molar-refractivity contribution in [3.05, 3.63) is 134 Å². The first-order valence-electron chi connectivity index (χ1n) is 23.6. The third-order valence-corrected chi connectivity index (χ3v) is 14.8. The van der Waals surface area contributed by atoms with Gasteiger partial charge in [0.05, 0.1) is 41.1 Å². The number of aryl methyl sites for hydroxylation is 3. The summed E-state index contributed by atoms with van der Waals surface area (Å²) in [4.78, 5) is 67.5. The molecule has 1 saturated heterocycles. The van der Waals surface area contributed by atoms with Gasteiger partial charge in [0.2, 0.25) is 17.7 Å². The van der Waals surface area contributed by atoms with Crippen molar-refractivity contribution in [1.29, 1.82) is 0 Å². The molecular formula is C53H60N8O7S2. The number of aromatic nitrogens is 4. The Kier molecular flexibility index (Phi) is 15.5. The van der Waals surface area contributed by atoms with E-state index in [1.165, 1.54) is 4.90 Å². The number of thiophene rings is 1. The molecule has 0 unspecified atom stereocenters. The molecule has 0 saturated carbocycles. The van der Waals surface area contributed by atoms with E-state index in [0.29, 0.717) is 31.0 Å². The Hall–Kier alpha value is -6.40. The van der Waals surface area contributed by atoms with Crippen LogP contribution in [-0.2, 0) is 36.9 Å². The summed E-state index contributed by atoms with van der Waals surface area (Å²) in [5.74, 6) is 0.813. The summed E-state index contributed by atoms with van der Waals surface area (Å²) in [5.41, 5.74) is 8.74. The highest BCUT2D eigenvalue weighted by molar-refractivity contribution is 7.15. The highest BCUT2D eigenvalue weighted by Gasteiger charge is 2.44. The van der Waals surface area contributed by atoms with Crippen LogP contribution >= 0.6 is 22.7 Å². The minimum absolute atomic E-state index is 0.0202. The molecule has 70 heavy (non-hydrogen) atoms. The molecular weight excluding hydrogens is 925 g/mol. The maximum atomic E-state index is 14.1. The van der Waals surface area contributed by atoms with Crippen LogP contribution in [0, 0.1) is 33.1 Å². The maximum Gasteiger partial charge on any atom is 0.246 e. The molecule has 0 spiro atoms. The number of hydrogen-bond donors (Lipinski definition) is 3. The van der Waals surface area contributed by atoms with Gasteiger partial charge in [-0.2, -0.15) is 0 Å². The molecule has 3 aromatic heterocycles. The van der Waals surface area contributed by atoms with E-state index in [9.17, 15) is 24.3 Å². The second kappa shape index (κ2) is 21.7. The van der Waals surface area contributed by atoms with E-state index in [2.05, 4.69) is 44.2 Å². The van der Waals surface area contributed by atoms with Gasteiger partial charge in [0.15, 0.2) is 5.82 Å². The highest BCUT2D eigenvalue weighted by atomic mass is 32.1. The number of likely N-dealkylation sites (tertiary alicyclic amines) is 1. The first kappa shape index (κ1) is 50.0. The second-order valence-corrected chi connectivity index (χ2v) is 21.1. The number of amides is 3. The molecule has 6 aromatic rings. The van der Waals surface area contributed by atoms with Crippen LogP contribution in [0.2, 0.25) is 0 Å². The Balaban J connectivity index is 0.830. The van der Waals surface area contributed by atoms with Gasteiger partial charge in [-0.25, -0.2) is 4.98 Å². The number of aliphatic hydroxyl groups is 1. The predicted molar refractivity (Wildman–Crippen MR) is 271 cm³/mol. The molecule has 0 aliphatic carbocycles. The second-order valence-electron chi connectivity index (χ2n) is 19.0. The SMILES string of the molecule is Cc1ncsc1-c1ccc(CNC(=O)[C@@H]2C[C@@H](O)CN2C(=O)[C@@H](NC(=O)COCCCOc2ccc(C3=N[C@@H](CC(=O)Cc4ccccc4)c4nnc(C)n4-c4sc(C)c(C)c43)cc2)C(C)(C)C)cc1. The average molecular weight is 985 g/mol. The molecule has 5 heterocycles. The highest BCUT2D eigenvalue weighted by Crippen LogP contribution is 2.40. The molecule has 0 bridgehead atoms. The lowest BCUT2D eigenvalue weighted by Crippen LogP contribution is -2.58. The largest absolute Gasteiger partial charge is 0.494 e. The van der Waals surface area contributed by atoms with Gasteiger partial charge in [0, 0.05) is 54.8 Å². The lowest BCUT2D eigenvalue weighted by Gasteiger charge is -2.35. The van der Waals surface area contributed by atoms with Crippen LogP contribution in [0.25, 0.3) is 15.4 Å². The Morgan fingerprint density at radius 2 is 1.63 bits per heavy atom. The van der Waals surface area contributed by atoms with Crippen LogP contribution in [0.15, 0.2) is 89.4 Å². The third-order valence-electron chi connectivity index (χ3n) is 12.7. The fourth-order valence-electron chi connectivity index (χ4n) is 8.84. The van der Waals surface area contributed by atoms with Gasteiger partial charge in [-0.3, -0.25) is 28.7 Å². The third kappa shape index (κ3) is 11.4. The normalized spacial score (nSPS) is 17.0. The standard InChI is InChI=1S/C53H60N8O7S2/c1-31-33(3)70-52-45(31)46(56-42(49-59-58-34(4)61(49)52)25-39(62)24-35-12-9-8-10-13-35)37-18-20-41(21-19-37)68-23-11-22-67-29-44(64)57-48(53(5,6)7)51(66)60-28-40(63)26-43(60)50(65)54-27-36-14-16-38(17-15-36)47-32(2)55-30-69-47/h8-10,12-21,30,40,42-43,48,63H,11,22-29H2,1-7H3,(H,54,65)(H,57,64)/t40-,42+,43+,48-/m1/s1. The van der Waals surface area contributed by atoms with Crippen LogP contribution in [0.3, 0.4) is 0 Å². The van der Waals surface area contributed by atoms with Crippen molar-refractivity contribution in [3.63, 3.8) is 0 Å². The van der Waals surface area contributed by atoms with E-state index in [-0.39, 0.29) is 50.8 Å². The topological polar surface area (TPSA) is 190 Å². The molecule has 3 aromatic carbocycles. The van der Waals surface area contributed by atoms with Crippen molar-refractivity contribution in [1.82, 2.24) is 35.3 Å². The number of Topliss-reactive ketones (excluding diaryl/α,β-unsaturated/α-hetero) is 1. The number of carbonyl (C=O) groups excluding carboxylic acids is 4. The van der Waals surface area contributed by atoms with Crippen molar-refractivity contribution in [2.24, 2.45) is 10.4 Å². The molecule has 0 radical (unpaired) electrons. The summed E-state index contributed by atoms with van der Waals surface area (Å²) in [6.07, 6.45) is 0.198. The molecule has 3 amide bonds. The average Bonchev–Trinajstić information content (AvgIpc) is 4.10. The minimum atomic E-state index is -0.974. The molecule has 8 rings (SSSR count). The molecule has 3 N–H and O–H groups in total. The lowest BCUT2D eigenvalue weighted by atomic mass is 9.85. The molecule has 17 heteroatoms. The Morgan fingerprint density at radius 3 is 2.33 bits per heavy atom. The van der Waals surface area contributed by atoms with E-state index in [0.717, 1.165) is 65.4 Å². The van der Waals surface area contributed by atoms with Gasteiger partial charge in [0.1, 0.15) is 47.1 Å². The van der Waals surface area contributed by atoms with Crippen molar-refractivity contribution in [2.45, 2.75) is 105 Å². The van der Waals surface area contributed by atoms with Crippen LogP contribution in [-0.4, -0.2) is 104 Å². The number of nitrogens with zero attached hydrogens (tertiary/aromatic N) is 6. The fraction of sp³-hybridized carbons (Fsp3) is 0.396. The van der Waals surface area contributed by atoms with Crippen LogP contribution < -0.4 is 15.4 Å². The van der Waals surface area contributed by atoms with Gasteiger partial charge in [-0.15, -0.1) is 32.9 Å². The smallest absolute Gasteiger partial charge is 0.246 e. The monoisotopic (exact) mass is 984 g/mol. The summed E-state index contributed by atoms with van der Waals surface area (Å²) in [5, 5.41) is 26.3. The predicted octanol–water partition coefficient (Wildman–Crippen LogP) is 7.37. The van der Waals surface area contributed by atoms with Crippen molar-refractivity contribution < 1.29 is 33.8 Å². The van der Waals surface area contributed by atoms with Crippen molar-refractivity contribution in [3.8, 4) is 21.2 Å². The van der Waals surface area contributed by atoms with Gasteiger partial charge < -0.3 is 30.1 Å². The fourth-order valence-corrected chi connectivity index (χ4v) is 10.9. The first-order chi connectivity index (χ1) is 33.5. The van der Waals surface area contributed by atoms with E-state index in [1.54, 1.807) is 22.7 Å². The number of benzene rings is 3. The lowest BCUT2D eigenvalue weighted by molar-refractivity contribution is -0.144. The van der Waals surface area contributed by atoms with Crippen LogP contribution in [0.4, 0.5) is 0 Å². The summed E-state index contributed by atoms with van der Waals surface area (Å²) < 4.78 is 13.8. The van der Waals surface area contributed by atoms with E-state index in [4.69, 9.17) is 14.5 Å². The van der Waals surface area contributed by atoms with Gasteiger partial charge in [-0.05, 0) is 79.6 Å². The molecule has 1 fully saturated rings. The number of ether oxygens (including phenoxy) is 2. The van der Waals surface area contributed by atoms with E-state index in [1.807, 2.05) is 119 Å². The zero-order chi connectivity index (χ0) is 49.7. The summed E-state index contributed by atoms with van der Waals surface area (Å²) in [6, 6.07) is 22.9. The molecule has 2 aliphatic rings. The number of thiazole rings is 1. The minimum Gasteiger partial charge on any atom is -0.494 e. The van der Waals surface area contributed by atoms with Gasteiger partial charge >= 0.3 is 0 Å². The van der Waals surface area contributed by atoms with Crippen LogP contribution in [0.5, 0.6) is 5.75 Å². The zero-order valence-electron chi connectivity index (χ0n) is 40.7. The summed E-state index contributed by atoms with van der Waals surface area (Å²) in [6.45, 7) is 14.1. The number of aliphatic imine (C=N–C) groups is 1. The van der Waals surface area contributed by atoms with Crippen molar-refractivity contribution >= 4 is 51.9 Å². The molecule has 2 aliphatic heterocycles. The molecule has 366 valence electrons. The van der Waals surface area contributed by atoms with E-state index < -0.39 is 41.5 Å². The van der Waals surface area contributed by atoms with Crippen LogP contribution in [0.1, 0.15) is 96.1 Å². The summed E-state index contributed by atoms with van der Waals surface area (Å²) >= 11 is 3.24. The number of hydrogen-bond acceptors (Lipinski definition) is 13. The quantitative estimate of drug-likeness (QED) is 0.0734. The number of aliphatic hydroxyl groups excluding tert-OH is 1. The number of carbonyl (C=O) groups is 4. The number of fused-ring (bicyclic) bond motifs is 3. The van der Waals surface area contributed by atoms with Crippen molar-refractivity contribution in [2.75, 3.05) is 26.4 Å². The molecule has 15 nitrogen and oxygen atoms in total. The van der Waals surface area contributed by atoms with E-state index >= 15 is 0 Å². The molecule has 4 atom stereocenters. The number of ketones is 1. The Bertz CT molecular complexity index is 2870. The number of nitrogens with one attached hydrogen (secondary N) is 2. The Morgan fingerprint density at radius 1 is 0.900 bits per heavy atom. The zero-order valence-corrected chi connectivity index (χ0v) is 42.3. The van der Waals surface area contributed by atoms with Gasteiger partial charge in [0.25, 0.3) is 0 Å². The summed E-state index contributed by atoms with van der Waals surface area (Å²) in [7, 11) is 0. The van der Waals surface area contributed by atoms with Gasteiger partial charge in [-0.1, -0.05) is 75.4 Å². The number of rotatable bonds is 18. The maximum absolute atomic E-state index is 14.1. The first-order valence-corrected chi connectivity index (χ1v) is 25.3. The Labute approximate surface area is 416 Å². The number of β-amino-alcohol motifs (C(OH)–C–C–N with tert-alkyl or cyclic N) is 1.